The zero-order valence-electron chi connectivity index (χ0n) is 18.5. The highest BCUT2D eigenvalue weighted by Gasteiger charge is 2.33. The van der Waals surface area contributed by atoms with E-state index in [1.54, 1.807) is 30.6 Å². The van der Waals surface area contributed by atoms with E-state index >= 15 is 0 Å². The minimum atomic E-state index is -4.66. The Labute approximate surface area is 198 Å². The molecule has 4 rings (SSSR count). The number of H-pyrrole nitrogens is 1. The normalized spacial score (nSPS) is 11.1. The summed E-state index contributed by atoms with van der Waals surface area (Å²) in [6, 6.07) is 12.1. The summed E-state index contributed by atoms with van der Waals surface area (Å²) in [7, 11) is 0. The molecule has 35 heavy (non-hydrogen) atoms. The summed E-state index contributed by atoms with van der Waals surface area (Å²) in [6.07, 6.45) is -1.56. The number of carbonyl (C=O) groups excluding carboxylic acids is 1. The number of carbonyl (C=O) groups is 1. The van der Waals surface area contributed by atoms with Crippen LogP contribution >= 0.6 is 0 Å². The highest BCUT2D eigenvalue weighted by atomic mass is 19.4. The molecule has 9 heteroatoms. The second-order valence-corrected chi connectivity index (χ2v) is 7.95. The average Bonchev–Trinajstić information content (AvgIpc) is 3.26. The number of benzene rings is 2. The van der Waals surface area contributed by atoms with Gasteiger partial charge in [0.25, 0.3) is 5.91 Å². The van der Waals surface area contributed by atoms with Crippen molar-refractivity contribution >= 4 is 28.5 Å². The highest BCUT2D eigenvalue weighted by molar-refractivity contribution is 6.04. The van der Waals surface area contributed by atoms with Crippen LogP contribution in [0.1, 0.15) is 38.2 Å². The SMILES string of the molecule is Cc1ccc(C(=O)Nc2ccc(CC(=N)N)c(C(F)(F)F)c2)cc1C#Cc1cnc2[nH]ccc2c1. The first-order valence-corrected chi connectivity index (χ1v) is 10.5. The largest absolute Gasteiger partial charge is 0.416 e. The molecular weight excluding hydrogens is 455 g/mol. The molecule has 1 amide bonds. The van der Waals surface area contributed by atoms with Gasteiger partial charge in [-0.1, -0.05) is 24.0 Å². The van der Waals surface area contributed by atoms with E-state index in [0.29, 0.717) is 11.1 Å². The van der Waals surface area contributed by atoms with Crippen LogP contribution in [0.5, 0.6) is 0 Å². The number of hydrogen-bond acceptors (Lipinski definition) is 3. The molecule has 0 aliphatic carbocycles. The lowest BCUT2D eigenvalue weighted by Crippen LogP contribution is -2.18. The lowest BCUT2D eigenvalue weighted by Gasteiger charge is -2.15. The number of rotatable bonds is 4. The fourth-order valence-corrected chi connectivity index (χ4v) is 3.53. The topological polar surface area (TPSA) is 108 Å². The number of nitrogens with one attached hydrogen (secondary N) is 3. The Morgan fingerprint density at radius 2 is 1.94 bits per heavy atom. The van der Waals surface area contributed by atoms with E-state index in [1.165, 1.54) is 12.1 Å². The predicted octanol–water partition coefficient (Wildman–Crippen LogP) is 5.02. The fraction of sp³-hybridized carbons (Fsp3) is 0.115. The van der Waals surface area contributed by atoms with Crippen LogP contribution in [0.3, 0.4) is 0 Å². The van der Waals surface area contributed by atoms with Gasteiger partial charge in [0.05, 0.1) is 11.4 Å². The van der Waals surface area contributed by atoms with Crippen LogP contribution < -0.4 is 11.1 Å². The lowest BCUT2D eigenvalue weighted by molar-refractivity contribution is -0.138. The molecule has 0 radical (unpaired) electrons. The third-order valence-electron chi connectivity index (χ3n) is 5.30. The van der Waals surface area contributed by atoms with Gasteiger partial charge in [-0.3, -0.25) is 10.2 Å². The molecule has 0 fully saturated rings. The summed E-state index contributed by atoms with van der Waals surface area (Å²) in [5.74, 6) is 5.12. The Hall–Kier alpha value is -4.58. The van der Waals surface area contributed by atoms with E-state index < -0.39 is 17.6 Å². The Kier molecular flexibility index (Phi) is 6.30. The number of hydrogen-bond donors (Lipinski definition) is 4. The van der Waals surface area contributed by atoms with Crippen LogP contribution in [0, 0.1) is 24.2 Å². The summed E-state index contributed by atoms with van der Waals surface area (Å²) in [5, 5.41) is 10.7. The van der Waals surface area contributed by atoms with Crippen molar-refractivity contribution in [3.8, 4) is 11.8 Å². The number of aromatic amines is 1. The molecule has 0 atom stereocenters. The van der Waals surface area contributed by atoms with Gasteiger partial charge in [-0.2, -0.15) is 13.2 Å². The number of nitrogens with two attached hydrogens (primary N) is 1. The number of alkyl halides is 3. The number of anilines is 1. The Bertz CT molecular complexity index is 1510. The summed E-state index contributed by atoms with van der Waals surface area (Å²) < 4.78 is 40.5. The number of pyridine rings is 1. The molecule has 0 bridgehead atoms. The minimum absolute atomic E-state index is 0.0197. The third-order valence-corrected chi connectivity index (χ3v) is 5.30. The van der Waals surface area contributed by atoms with E-state index in [2.05, 4.69) is 27.1 Å². The van der Waals surface area contributed by atoms with Gasteiger partial charge in [0.2, 0.25) is 0 Å². The Balaban J connectivity index is 1.58. The summed E-state index contributed by atoms with van der Waals surface area (Å²) in [6.45, 7) is 1.85. The van der Waals surface area contributed by atoms with E-state index in [0.717, 1.165) is 22.7 Å². The molecule has 2 aromatic heterocycles. The van der Waals surface area contributed by atoms with Crippen LogP contribution in [0.25, 0.3) is 11.0 Å². The zero-order valence-corrected chi connectivity index (χ0v) is 18.5. The first-order valence-electron chi connectivity index (χ1n) is 10.5. The van der Waals surface area contributed by atoms with Crippen molar-refractivity contribution in [2.24, 2.45) is 5.73 Å². The summed E-state index contributed by atoms with van der Waals surface area (Å²) >= 11 is 0. The van der Waals surface area contributed by atoms with Crippen molar-refractivity contribution in [1.82, 2.24) is 9.97 Å². The number of fused-ring (bicyclic) bond motifs is 1. The van der Waals surface area contributed by atoms with Crippen LogP contribution in [-0.4, -0.2) is 21.7 Å². The maximum Gasteiger partial charge on any atom is 0.416 e. The van der Waals surface area contributed by atoms with Gasteiger partial charge in [-0.15, -0.1) is 0 Å². The quantitative estimate of drug-likeness (QED) is 0.189. The van der Waals surface area contributed by atoms with Crippen LogP contribution in [0.4, 0.5) is 18.9 Å². The molecule has 0 saturated heterocycles. The number of amidine groups is 1. The monoisotopic (exact) mass is 475 g/mol. The Morgan fingerprint density at radius 3 is 2.69 bits per heavy atom. The molecule has 0 aliphatic heterocycles. The number of aromatic nitrogens is 2. The van der Waals surface area contributed by atoms with Crippen LogP contribution in [-0.2, 0) is 12.6 Å². The zero-order chi connectivity index (χ0) is 25.2. The third kappa shape index (κ3) is 5.50. The summed E-state index contributed by atoms with van der Waals surface area (Å²) in [4.78, 5) is 20.1. The second kappa shape index (κ2) is 9.35. The van der Waals surface area contributed by atoms with Gasteiger partial charge in [0.1, 0.15) is 5.65 Å². The minimum Gasteiger partial charge on any atom is -0.387 e. The van der Waals surface area contributed by atoms with Crippen molar-refractivity contribution in [2.45, 2.75) is 19.5 Å². The van der Waals surface area contributed by atoms with E-state index in [9.17, 15) is 18.0 Å². The Morgan fingerprint density at radius 1 is 1.14 bits per heavy atom. The molecular formula is C26H20F3N5O. The standard InChI is InChI=1S/C26H20F3N5O/c1-15-2-4-20(11-17(15)5-3-16-10-19-8-9-32-24(19)33-14-16)25(35)34-21-7-6-18(12-23(30)31)22(13-21)26(27,28)29/h2,4,6-11,13-14H,12H2,1H3,(H3,30,31)(H,32,33)(H,34,35). The molecule has 176 valence electrons. The van der Waals surface area contributed by atoms with Crippen molar-refractivity contribution in [3.05, 3.63) is 94.3 Å². The van der Waals surface area contributed by atoms with Gasteiger partial charge in [-0.25, -0.2) is 4.98 Å². The predicted molar refractivity (Wildman–Crippen MR) is 128 cm³/mol. The van der Waals surface area contributed by atoms with Gasteiger partial charge in [0.15, 0.2) is 0 Å². The lowest BCUT2D eigenvalue weighted by atomic mass is 10.0. The first-order chi connectivity index (χ1) is 16.6. The van der Waals surface area contributed by atoms with Gasteiger partial charge in [0, 0.05) is 46.6 Å². The van der Waals surface area contributed by atoms with E-state index in [1.807, 2.05) is 19.1 Å². The molecule has 4 aromatic rings. The molecule has 6 nitrogen and oxygen atoms in total. The molecule has 0 aliphatic rings. The highest BCUT2D eigenvalue weighted by Crippen LogP contribution is 2.34. The maximum atomic E-state index is 13.5. The number of halogens is 3. The van der Waals surface area contributed by atoms with Crippen molar-refractivity contribution in [2.75, 3.05) is 5.32 Å². The molecule has 2 aromatic carbocycles. The van der Waals surface area contributed by atoms with Gasteiger partial charge >= 0.3 is 6.18 Å². The molecule has 0 unspecified atom stereocenters. The van der Waals surface area contributed by atoms with Gasteiger partial charge < -0.3 is 16.0 Å². The van der Waals surface area contributed by atoms with Crippen LogP contribution in [0.15, 0.2) is 60.9 Å². The van der Waals surface area contributed by atoms with Crippen molar-refractivity contribution in [1.29, 1.82) is 5.41 Å². The van der Waals surface area contributed by atoms with E-state index in [4.69, 9.17) is 11.1 Å². The first kappa shape index (κ1) is 23.6. The van der Waals surface area contributed by atoms with Crippen molar-refractivity contribution in [3.63, 3.8) is 0 Å². The molecule has 0 spiro atoms. The smallest absolute Gasteiger partial charge is 0.387 e. The number of nitrogens with zero attached hydrogens (tertiary/aromatic N) is 1. The van der Waals surface area contributed by atoms with E-state index in [-0.39, 0.29) is 29.1 Å². The summed E-state index contributed by atoms with van der Waals surface area (Å²) in [5.41, 5.74) is 7.33. The van der Waals surface area contributed by atoms with Crippen molar-refractivity contribution < 1.29 is 18.0 Å². The molecule has 5 N–H and O–H groups in total. The molecule has 0 saturated carbocycles. The number of aryl methyl sites for hydroxylation is 1. The van der Waals surface area contributed by atoms with Crippen LogP contribution in [0.2, 0.25) is 0 Å². The average molecular weight is 475 g/mol. The molecule has 2 heterocycles. The number of amides is 1. The maximum absolute atomic E-state index is 13.5. The fourth-order valence-electron chi connectivity index (χ4n) is 3.53. The second-order valence-electron chi connectivity index (χ2n) is 7.95. The van der Waals surface area contributed by atoms with Gasteiger partial charge in [-0.05, 0) is 54.4 Å².